The van der Waals surface area contributed by atoms with Crippen LogP contribution in [0.15, 0.2) is 16.8 Å². The van der Waals surface area contributed by atoms with Gasteiger partial charge in [-0.3, -0.25) is 4.79 Å². The number of rotatable bonds is 5. The molecule has 0 aromatic carbocycles. The third-order valence-electron chi connectivity index (χ3n) is 2.50. The Bertz CT molecular complexity index is 400. The molecule has 0 saturated carbocycles. The van der Waals surface area contributed by atoms with Crippen LogP contribution in [0.25, 0.3) is 0 Å². The molecule has 0 bridgehead atoms. The molecule has 0 fully saturated rings. The molecule has 2 atom stereocenters. The van der Waals surface area contributed by atoms with Crippen molar-refractivity contribution >= 4 is 23.2 Å². The van der Waals surface area contributed by atoms with Crippen LogP contribution in [0.2, 0.25) is 0 Å². The Morgan fingerprint density at radius 2 is 2.24 bits per heavy atom. The fraction of sp³-hybridized carbons (Fsp3) is 0.455. The Balaban J connectivity index is 2.54. The van der Waals surface area contributed by atoms with Gasteiger partial charge in [0.1, 0.15) is 0 Å². The van der Waals surface area contributed by atoms with Gasteiger partial charge in [0.05, 0.1) is 12.5 Å². The lowest BCUT2D eigenvalue weighted by Gasteiger charge is -2.19. The number of carbonyl (C=O) groups excluding carboxylic acids is 1. The zero-order valence-electron chi connectivity index (χ0n) is 9.64. The van der Waals surface area contributed by atoms with E-state index in [1.165, 1.54) is 11.3 Å². The molecule has 1 amide bonds. The van der Waals surface area contributed by atoms with Gasteiger partial charge in [-0.25, -0.2) is 4.79 Å². The van der Waals surface area contributed by atoms with Crippen molar-refractivity contribution < 1.29 is 19.8 Å². The van der Waals surface area contributed by atoms with Crippen LogP contribution < -0.4 is 5.32 Å². The molecule has 1 rings (SSSR count). The number of hydrogen-bond donors (Lipinski definition) is 3. The molecule has 0 spiro atoms. The first-order valence-electron chi connectivity index (χ1n) is 5.10. The predicted molar refractivity (Wildman–Crippen MR) is 64.0 cm³/mol. The Hall–Kier alpha value is -1.40. The van der Waals surface area contributed by atoms with E-state index >= 15 is 0 Å². The molecule has 0 radical (unpaired) electrons. The summed E-state index contributed by atoms with van der Waals surface area (Å²) < 4.78 is 0. The second-order valence-electron chi connectivity index (χ2n) is 4.08. The summed E-state index contributed by atoms with van der Waals surface area (Å²) in [5.74, 6) is -2.02. The summed E-state index contributed by atoms with van der Waals surface area (Å²) in [6.45, 7) is 2.56. The third-order valence-corrected chi connectivity index (χ3v) is 3.21. The van der Waals surface area contributed by atoms with Crippen LogP contribution in [0.1, 0.15) is 25.3 Å². The van der Waals surface area contributed by atoms with E-state index < -0.39 is 11.6 Å². The van der Waals surface area contributed by atoms with Crippen molar-refractivity contribution in [2.45, 2.75) is 25.4 Å². The number of amides is 1. The average molecular weight is 257 g/mol. The van der Waals surface area contributed by atoms with Gasteiger partial charge in [-0.15, -0.1) is 0 Å². The molecule has 2 unspecified atom stereocenters. The number of carboxylic acid groups (broad SMARTS) is 1. The van der Waals surface area contributed by atoms with Gasteiger partial charge in [0, 0.05) is 0 Å². The Kier molecular flexibility index (Phi) is 4.25. The molecule has 17 heavy (non-hydrogen) atoms. The highest BCUT2D eigenvalue weighted by Gasteiger charge is 2.31. The van der Waals surface area contributed by atoms with Crippen LogP contribution in [0.4, 0.5) is 0 Å². The van der Waals surface area contributed by atoms with Crippen molar-refractivity contribution in [3.05, 3.63) is 22.4 Å². The molecule has 5 nitrogen and oxygen atoms in total. The largest absolute Gasteiger partial charge is 0.479 e. The van der Waals surface area contributed by atoms with Crippen molar-refractivity contribution in [1.29, 1.82) is 0 Å². The molecule has 0 saturated heterocycles. The third kappa shape index (κ3) is 3.54. The lowest BCUT2D eigenvalue weighted by Crippen LogP contribution is -2.47. The van der Waals surface area contributed by atoms with E-state index in [2.05, 4.69) is 5.32 Å². The average Bonchev–Trinajstić information content (AvgIpc) is 2.78. The first kappa shape index (κ1) is 13.7. The minimum atomic E-state index is -1.94. The Morgan fingerprint density at radius 1 is 1.59 bits per heavy atom. The maximum atomic E-state index is 11.7. The van der Waals surface area contributed by atoms with E-state index in [4.69, 9.17) is 5.11 Å². The van der Waals surface area contributed by atoms with Gasteiger partial charge in [-0.1, -0.05) is 0 Å². The highest BCUT2D eigenvalue weighted by molar-refractivity contribution is 7.08. The molecule has 0 aliphatic heterocycles. The zero-order valence-corrected chi connectivity index (χ0v) is 10.5. The molecule has 1 aromatic rings. The van der Waals surface area contributed by atoms with Gasteiger partial charge in [0.25, 0.3) is 0 Å². The summed E-state index contributed by atoms with van der Waals surface area (Å²) in [4.78, 5) is 22.3. The molecule has 94 valence electrons. The fourth-order valence-corrected chi connectivity index (χ4v) is 1.91. The fourth-order valence-electron chi connectivity index (χ4n) is 1.16. The van der Waals surface area contributed by atoms with Crippen molar-refractivity contribution in [3.8, 4) is 0 Å². The van der Waals surface area contributed by atoms with Crippen LogP contribution >= 0.6 is 11.3 Å². The first-order chi connectivity index (χ1) is 7.84. The monoisotopic (exact) mass is 257 g/mol. The number of carbonyl (C=O) groups is 2. The van der Waals surface area contributed by atoms with E-state index in [0.717, 1.165) is 12.5 Å². The van der Waals surface area contributed by atoms with Gasteiger partial charge >= 0.3 is 5.97 Å². The topological polar surface area (TPSA) is 86.6 Å². The SMILES string of the molecule is CC(C(=O)NCC(C)(O)C(=O)O)c1ccsc1. The Morgan fingerprint density at radius 3 is 2.71 bits per heavy atom. The minimum Gasteiger partial charge on any atom is -0.479 e. The Labute approximate surface area is 103 Å². The predicted octanol–water partition coefficient (Wildman–Crippen LogP) is 0.803. The number of nitrogens with one attached hydrogen (secondary N) is 1. The molecule has 0 aliphatic carbocycles. The highest BCUT2D eigenvalue weighted by Crippen LogP contribution is 2.18. The summed E-state index contributed by atoms with van der Waals surface area (Å²) >= 11 is 1.49. The van der Waals surface area contributed by atoms with Crippen LogP contribution in [0.5, 0.6) is 0 Å². The second kappa shape index (κ2) is 5.29. The summed E-state index contributed by atoms with van der Waals surface area (Å²) in [7, 11) is 0. The standard InChI is InChI=1S/C11H15NO4S/c1-7(8-3-4-17-5-8)9(13)12-6-11(2,16)10(14)15/h3-5,7,16H,6H2,1-2H3,(H,12,13)(H,14,15). The van der Waals surface area contributed by atoms with E-state index in [0.29, 0.717) is 0 Å². The molecule has 0 aliphatic rings. The van der Waals surface area contributed by atoms with Crippen LogP contribution in [-0.2, 0) is 9.59 Å². The minimum absolute atomic E-state index is 0.301. The number of carboxylic acids is 1. The quantitative estimate of drug-likeness (QED) is 0.728. The first-order valence-corrected chi connectivity index (χ1v) is 6.04. The number of hydrogen-bond acceptors (Lipinski definition) is 4. The van der Waals surface area contributed by atoms with Crippen LogP contribution in [0.3, 0.4) is 0 Å². The lowest BCUT2D eigenvalue weighted by molar-refractivity contribution is -0.156. The van der Waals surface area contributed by atoms with Crippen molar-refractivity contribution in [2.24, 2.45) is 0 Å². The molecular weight excluding hydrogens is 242 g/mol. The van der Waals surface area contributed by atoms with E-state index in [-0.39, 0.29) is 18.4 Å². The molecular formula is C11H15NO4S. The van der Waals surface area contributed by atoms with Crippen molar-refractivity contribution in [1.82, 2.24) is 5.32 Å². The maximum absolute atomic E-state index is 11.7. The lowest BCUT2D eigenvalue weighted by atomic mass is 10.0. The van der Waals surface area contributed by atoms with Crippen LogP contribution in [0, 0.1) is 0 Å². The van der Waals surface area contributed by atoms with Gasteiger partial charge < -0.3 is 15.5 Å². The number of thiophene rings is 1. The van der Waals surface area contributed by atoms with Crippen molar-refractivity contribution in [2.75, 3.05) is 6.54 Å². The van der Waals surface area contributed by atoms with Gasteiger partial charge in [0.2, 0.25) is 5.91 Å². The van der Waals surface area contributed by atoms with E-state index in [1.54, 1.807) is 6.92 Å². The smallest absolute Gasteiger partial charge is 0.337 e. The van der Waals surface area contributed by atoms with Crippen LogP contribution in [-0.4, -0.2) is 34.2 Å². The highest BCUT2D eigenvalue weighted by atomic mass is 32.1. The summed E-state index contributed by atoms with van der Waals surface area (Å²) in [6, 6.07) is 1.84. The summed E-state index contributed by atoms with van der Waals surface area (Å²) in [6.07, 6.45) is 0. The second-order valence-corrected chi connectivity index (χ2v) is 4.86. The summed E-state index contributed by atoms with van der Waals surface area (Å²) in [5.41, 5.74) is -1.06. The number of aliphatic hydroxyl groups is 1. The van der Waals surface area contributed by atoms with Gasteiger partial charge in [0.15, 0.2) is 5.60 Å². The van der Waals surface area contributed by atoms with Gasteiger partial charge in [-0.05, 0) is 36.2 Å². The molecule has 1 heterocycles. The maximum Gasteiger partial charge on any atom is 0.337 e. The summed E-state index contributed by atoms with van der Waals surface area (Å²) in [5, 5.41) is 24.3. The molecule has 1 aromatic heterocycles. The number of aliphatic carboxylic acids is 1. The normalized spacial score (nSPS) is 15.9. The molecule has 6 heteroatoms. The van der Waals surface area contributed by atoms with E-state index in [9.17, 15) is 14.7 Å². The molecule has 3 N–H and O–H groups in total. The zero-order chi connectivity index (χ0) is 13.1. The van der Waals surface area contributed by atoms with E-state index in [1.807, 2.05) is 16.8 Å². The van der Waals surface area contributed by atoms with Crippen molar-refractivity contribution in [3.63, 3.8) is 0 Å². The van der Waals surface area contributed by atoms with Gasteiger partial charge in [-0.2, -0.15) is 11.3 Å².